The van der Waals surface area contributed by atoms with Crippen molar-refractivity contribution in [3.05, 3.63) is 83.8 Å². The van der Waals surface area contributed by atoms with E-state index in [1.54, 1.807) is 78.9 Å². The summed E-state index contributed by atoms with van der Waals surface area (Å²) >= 11 is 0. The summed E-state index contributed by atoms with van der Waals surface area (Å²) in [6.45, 7) is 0. The molecule has 0 heterocycles. The van der Waals surface area contributed by atoms with Crippen molar-refractivity contribution in [2.45, 2.75) is 21.0 Å². The Morgan fingerprint density at radius 3 is 2.04 bits per heavy atom. The molecule has 0 spiro atoms. The highest BCUT2D eigenvalue weighted by molar-refractivity contribution is 7.95. The lowest BCUT2D eigenvalue weighted by molar-refractivity contribution is 0.537. The summed E-state index contributed by atoms with van der Waals surface area (Å²) in [6, 6.07) is 16.8. The molecule has 0 aromatic heterocycles. The van der Waals surface area contributed by atoms with Crippen molar-refractivity contribution in [1.82, 2.24) is 0 Å². The topological polar surface area (TPSA) is 68.3 Å². The minimum atomic E-state index is -3.62. The Morgan fingerprint density at radius 2 is 1.41 bits per heavy atom. The predicted octanol–water partition coefficient (Wildman–Crippen LogP) is 3.39. The third-order valence-electron chi connectivity index (χ3n) is 6.11. The molecule has 27 heavy (non-hydrogen) atoms. The lowest BCUT2D eigenvalue weighted by Crippen LogP contribution is -2.27. The van der Waals surface area contributed by atoms with Crippen LogP contribution in [0.25, 0.3) is 0 Å². The van der Waals surface area contributed by atoms with Gasteiger partial charge in [0.1, 0.15) is 4.75 Å². The molecule has 0 N–H and O–H groups in total. The predicted molar refractivity (Wildman–Crippen MR) is 102 cm³/mol. The van der Waals surface area contributed by atoms with E-state index in [1.807, 2.05) is 0 Å². The normalized spacial score (nSPS) is 31.3. The first kappa shape index (κ1) is 17.0. The number of rotatable bonds is 4. The fourth-order valence-corrected chi connectivity index (χ4v) is 8.76. The highest BCUT2D eigenvalue weighted by Crippen LogP contribution is 2.68. The average Bonchev–Trinajstić information content (AvgIpc) is 3.41. The maximum atomic E-state index is 13.3. The first-order valence-electron chi connectivity index (χ1n) is 8.90. The first-order valence-corrected chi connectivity index (χ1v) is 11.9. The Bertz CT molecular complexity index is 1180. The molecule has 138 valence electrons. The van der Waals surface area contributed by atoms with Crippen LogP contribution in [-0.2, 0) is 19.7 Å². The lowest BCUT2D eigenvalue weighted by atomic mass is 9.93. The number of hydrogen-bond donors (Lipinski definition) is 0. The van der Waals surface area contributed by atoms with Gasteiger partial charge in [-0.2, -0.15) is 0 Å². The quantitative estimate of drug-likeness (QED) is 0.741. The summed E-state index contributed by atoms with van der Waals surface area (Å²) in [5.74, 6) is -0.586. The minimum absolute atomic E-state index is 0.0487. The second-order valence-corrected chi connectivity index (χ2v) is 11.5. The van der Waals surface area contributed by atoms with Gasteiger partial charge in [-0.3, -0.25) is 0 Å². The van der Waals surface area contributed by atoms with Gasteiger partial charge in [-0.15, -0.1) is 0 Å². The molecule has 0 aliphatic heterocycles. The fourth-order valence-electron chi connectivity index (χ4n) is 4.72. The van der Waals surface area contributed by atoms with Crippen LogP contribution in [0, 0.1) is 17.8 Å². The second-order valence-electron chi connectivity index (χ2n) is 7.39. The van der Waals surface area contributed by atoms with Crippen LogP contribution < -0.4 is 0 Å². The molecule has 2 aromatic rings. The molecule has 4 nitrogen and oxygen atoms in total. The zero-order valence-electron chi connectivity index (χ0n) is 14.4. The molecule has 1 saturated carbocycles. The van der Waals surface area contributed by atoms with Crippen molar-refractivity contribution in [2.75, 3.05) is 0 Å². The van der Waals surface area contributed by atoms with Gasteiger partial charge in [-0.25, -0.2) is 16.8 Å². The zero-order chi connectivity index (χ0) is 18.9. The molecule has 4 unspecified atom stereocenters. The van der Waals surface area contributed by atoms with Crippen LogP contribution in [0.3, 0.4) is 0 Å². The molecule has 6 heteroatoms. The summed E-state index contributed by atoms with van der Waals surface area (Å²) in [6.07, 6.45) is 5.81. The van der Waals surface area contributed by atoms with Crippen LogP contribution in [0.15, 0.2) is 93.6 Å². The number of sulfone groups is 2. The Morgan fingerprint density at radius 1 is 0.815 bits per heavy atom. The van der Waals surface area contributed by atoms with Gasteiger partial charge in [-0.05, 0) is 36.6 Å². The van der Waals surface area contributed by atoms with Crippen LogP contribution in [-0.4, -0.2) is 21.6 Å². The number of fused-ring (bicyclic) bond motifs is 2. The van der Waals surface area contributed by atoms with Gasteiger partial charge in [0.05, 0.1) is 14.7 Å². The van der Waals surface area contributed by atoms with Crippen molar-refractivity contribution in [2.24, 2.45) is 17.8 Å². The Kier molecular flexibility index (Phi) is 3.41. The fraction of sp³-hybridized carbons (Fsp3) is 0.238. The standard InChI is InChI=1S/C21H18O4S2/c22-26(23,16-7-3-1-4-8-16)20-14-19-18-13-15(20)11-12-21(18,19)27(24,25)17-9-5-2-6-10-17/h1-12,14-15,18-19H,13H2. The van der Waals surface area contributed by atoms with Gasteiger partial charge in [0.25, 0.3) is 0 Å². The average molecular weight is 399 g/mol. The molecule has 2 aromatic carbocycles. The van der Waals surface area contributed by atoms with Crippen LogP contribution in [0.1, 0.15) is 6.42 Å². The molecule has 4 atom stereocenters. The summed E-state index contributed by atoms with van der Waals surface area (Å²) in [5, 5.41) is 0. The van der Waals surface area contributed by atoms with E-state index in [2.05, 4.69) is 0 Å². The van der Waals surface area contributed by atoms with Crippen LogP contribution in [0.5, 0.6) is 0 Å². The van der Waals surface area contributed by atoms with Crippen molar-refractivity contribution in [3.63, 3.8) is 0 Å². The summed E-state index contributed by atoms with van der Waals surface area (Å²) in [7, 11) is -7.21. The van der Waals surface area contributed by atoms with Crippen LogP contribution in [0.4, 0.5) is 0 Å². The number of benzene rings is 2. The maximum absolute atomic E-state index is 13.3. The molecule has 0 radical (unpaired) electrons. The van der Waals surface area contributed by atoms with Gasteiger partial charge < -0.3 is 0 Å². The van der Waals surface area contributed by atoms with Gasteiger partial charge in [0, 0.05) is 11.8 Å². The number of allylic oxidation sites excluding steroid dienone is 3. The monoisotopic (exact) mass is 398 g/mol. The van der Waals surface area contributed by atoms with Gasteiger partial charge in [-0.1, -0.05) is 54.6 Å². The van der Waals surface area contributed by atoms with E-state index in [9.17, 15) is 16.8 Å². The largest absolute Gasteiger partial charge is 0.223 e. The van der Waals surface area contributed by atoms with Crippen molar-refractivity contribution in [3.8, 4) is 0 Å². The Balaban J connectivity index is 1.61. The van der Waals surface area contributed by atoms with Gasteiger partial charge >= 0.3 is 0 Å². The third-order valence-corrected chi connectivity index (χ3v) is 10.6. The zero-order valence-corrected chi connectivity index (χ0v) is 16.0. The van der Waals surface area contributed by atoms with E-state index in [1.165, 1.54) is 0 Å². The van der Waals surface area contributed by atoms with E-state index >= 15 is 0 Å². The van der Waals surface area contributed by atoms with E-state index in [0.717, 1.165) is 0 Å². The first-order chi connectivity index (χ1) is 12.9. The van der Waals surface area contributed by atoms with Crippen molar-refractivity contribution < 1.29 is 16.8 Å². The molecular formula is C21H18O4S2. The van der Waals surface area contributed by atoms with E-state index in [-0.39, 0.29) is 22.6 Å². The molecule has 3 aliphatic carbocycles. The lowest BCUT2D eigenvalue weighted by Gasteiger charge is -2.24. The summed E-state index contributed by atoms with van der Waals surface area (Å²) in [5.41, 5.74) is 0. The van der Waals surface area contributed by atoms with E-state index < -0.39 is 24.4 Å². The second kappa shape index (κ2) is 5.42. The molecule has 3 aliphatic rings. The molecule has 1 fully saturated rings. The molecule has 0 amide bonds. The molecular weight excluding hydrogens is 380 g/mol. The van der Waals surface area contributed by atoms with Gasteiger partial charge in [0.15, 0.2) is 9.84 Å². The molecule has 2 bridgehead atoms. The Labute approximate surface area is 159 Å². The van der Waals surface area contributed by atoms with Gasteiger partial charge in [0.2, 0.25) is 9.84 Å². The highest BCUT2D eigenvalue weighted by Gasteiger charge is 2.73. The molecule has 0 saturated heterocycles. The van der Waals surface area contributed by atoms with Crippen LogP contribution in [0.2, 0.25) is 0 Å². The summed E-state index contributed by atoms with van der Waals surface area (Å²) in [4.78, 5) is 0.893. The third kappa shape index (κ3) is 2.14. The smallest absolute Gasteiger partial charge is 0.203 e. The summed E-state index contributed by atoms with van der Waals surface area (Å²) < 4.78 is 51.9. The number of hydrogen-bond acceptors (Lipinski definition) is 4. The van der Waals surface area contributed by atoms with Crippen molar-refractivity contribution >= 4 is 19.7 Å². The van der Waals surface area contributed by atoms with E-state index in [4.69, 9.17) is 0 Å². The maximum Gasteiger partial charge on any atom is 0.203 e. The van der Waals surface area contributed by atoms with Crippen LogP contribution >= 0.6 is 0 Å². The SMILES string of the molecule is O=S(=O)(C1=CC2C3CC1C=CC23S(=O)(=O)c1ccccc1)c1ccccc1. The van der Waals surface area contributed by atoms with Crippen molar-refractivity contribution in [1.29, 1.82) is 0 Å². The minimum Gasteiger partial charge on any atom is -0.223 e. The van der Waals surface area contributed by atoms with E-state index in [0.29, 0.717) is 16.2 Å². The molecule has 5 rings (SSSR count). The highest BCUT2D eigenvalue weighted by atomic mass is 32.2. The Hall–Kier alpha value is -2.18.